The topological polar surface area (TPSA) is 82.1 Å². The Morgan fingerprint density at radius 1 is 1.06 bits per heavy atom. The Hall–Kier alpha value is -1.14. The van der Waals surface area contributed by atoms with Crippen LogP contribution in [0.25, 0.3) is 0 Å². The molecule has 33 heavy (non-hydrogen) atoms. The molecule has 3 saturated heterocycles. The minimum absolute atomic E-state index is 0.0312. The molecule has 184 valence electrons. The number of aliphatic carboxylic acids is 1. The summed E-state index contributed by atoms with van der Waals surface area (Å²) in [6.45, 7) is 10.0. The predicted molar refractivity (Wildman–Crippen MR) is 120 cm³/mol. The van der Waals surface area contributed by atoms with Crippen LogP contribution in [0.15, 0.2) is 0 Å². The van der Waals surface area contributed by atoms with Crippen molar-refractivity contribution in [1.29, 1.82) is 0 Å². The maximum Gasteiger partial charge on any atom is 0.306 e. The molecule has 6 heteroatoms. The number of hydrogen-bond acceptors (Lipinski definition) is 5. The summed E-state index contributed by atoms with van der Waals surface area (Å²) < 4.78 is 19.1. The molecule has 3 aliphatic heterocycles. The summed E-state index contributed by atoms with van der Waals surface area (Å²) in [4.78, 5) is 24.2. The second-order valence-electron chi connectivity index (χ2n) is 13.0. The Bertz CT molecular complexity index is 848. The van der Waals surface area contributed by atoms with E-state index >= 15 is 0 Å². The number of carboxylic acids is 1. The molecule has 6 nitrogen and oxygen atoms in total. The smallest absolute Gasteiger partial charge is 0.306 e. The summed E-state index contributed by atoms with van der Waals surface area (Å²) in [6, 6.07) is 0. The highest BCUT2D eigenvalue weighted by Crippen LogP contribution is 2.71. The molecular formula is C27H40O6. The molecule has 12 atom stereocenters. The largest absolute Gasteiger partial charge is 0.481 e. The van der Waals surface area contributed by atoms with Gasteiger partial charge in [-0.1, -0.05) is 27.7 Å². The lowest BCUT2D eigenvalue weighted by atomic mass is 9.45. The minimum atomic E-state index is -0.754. The van der Waals surface area contributed by atoms with Crippen molar-refractivity contribution >= 4 is 11.9 Å². The van der Waals surface area contributed by atoms with Crippen molar-refractivity contribution < 1.29 is 28.9 Å². The Kier molecular flexibility index (Phi) is 4.87. The molecule has 0 aromatic rings. The van der Waals surface area contributed by atoms with E-state index in [1.807, 2.05) is 0 Å². The van der Waals surface area contributed by atoms with E-state index in [0.717, 1.165) is 45.1 Å². The third-order valence-corrected chi connectivity index (χ3v) is 11.6. The molecule has 0 bridgehead atoms. The summed E-state index contributed by atoms with van der Waals surface area (Å²) in [5.74, 6) is 1.38. The normalized spacial score (nSPS) is 57.2. The van der Waals surface area contributed by atoms with Crippen LogP contribution >= 0.6 is 0 Å². The molecule has 6 fully saturated rings. The number of rotatable bonds is 2. The molecule has 6 aliphatic rings. The quantitative estimate of drug-likeness (QED) is 0.604. The maximum atomic E-state index is 12.3. The van der Waals surface area contributed by atoms with Crippen LogP contribution in [0.4, 0.5) is 0 Å². The number of carbonyl (C=O) groups excluding carboxylic acids is 1. The van der Waals surface area contributed by atoms with Crippen molar-refractivity contribution in [2.45, 2.75) is 97.1 Å². The van der Waals surface area contributed by atoms with Crippen LogP contribution in [0.1, 0.15) is 79.1 Å². The average molecular weight is 461 g/mol. The van der Waals surface area contributed by atoms with E-state index in [9.17, 15) is 14.7 Å². The van der Waals surface area contributed by atoms with Crippen LogP contribution in [0.3, 0.4) is 0 Å². The lowest BCUT2D eigenvalue weighted by molar-refractivity contribution is -0.273. The van der Waals surface area contributed by atoms with Gasteiger partial charge >= 0.3 is 11.9 Å². The average Bonchev–Trinajstić information content (AvgIpc) is 3.34. The molecule has 0 aromatic heterocycles. The Balaban J connectivity index is 1.31. The van der Waals surface area contributed by atoms with Crippen molar-refractivity contribution in [3.05, 3.63) is 0 Å². The van der Waals surface area contributed by atoms with Gasteiger partial charge in [-0.3, -0.25) is 9.59 Å². The fraction of sp³-hybridized carbons (Fsp3) is 0.926. The van der Waals surface area contributed by atoms with Gasteiger partial charge in [0.1, 0.15) is 6.10 Å². The molecule has 3 aliphatic carbocycles. The first-order chi connectivity index (χ1) is 15.6. The molecule has 6 rings (SSSR count). The van der Waals surface area contributed by atoms with Crippen molar-refractivity contribution in [3.63, 3.8) is 0 Å². The zero-order valence-corrected chi connectivity index (χ0v) is 20.5. The zero-order chi connectivity index (χ0) is 23.3. The minimum Gasteiger partial charge on any atom is -0.481 e. The third-order valence-electron chi connectivity index (χ3n) is 11.6. The maximum absolute atomic E-state index is 12.3. The summed E-state index contributed by atoms with van der Waals surface area (Å²) in [7, 11) is 0. The van der Waals surface area contributed by atoms with Crippen LogP contribution in [-0.2, 0) is 23.8 Å². The summed E-state index contributed by atoms with van der Waals surface area (Å²) in [5.41, 5.74) is -0.221. The summed E-state index contributed by atoms with van der Waals surface area (Å²) >= 11 is 0. The van der Waals surface area contributed by atoms with Gasteiger partial charge in [0.15, 0.2) is 5.79 Å². The number of carboxylic acid groups (broad SMARTS) is 1. The second-order valence-corrected chi connectivity index (χ2v) is 13.0. The van der Waals surface area contributed by atoms with Crippen LogP contribution in [0, 0.1) is 52.3 Å². The van der Waals surface area contributed by atoms with Crippen molar-refractivity contribution in [2.75, 3.05) is 6.61 Å². The molecular weight excluding hydrogens is 420 g/mol. The molecule has 1 spiro atoms. The van der Waals surface area contributed by atoms with Gasteiger partial charge < -0.3 is 19.3 Å². The Morgan fingerprint density at radius 3 is 2.55 bits per heavy atom. The summed E-state index contributed by atoms with van der Waals surface area (Å²) in [6.07, 6.45) is 6.83. The van der Waals surface area contributed by atoms with E-state index in [0.29, 0.717) is 41.9 Å². The molecule has 1 N–H and O–H groups in total. The first-order valence-electron chi connectivity index (χ1n) is 13.3. The van der Waals surface area contributed by atoms with Crippen molar-refractivity contribution in [1.82, 2.24) is 0 Å². The predicted octanol–water partition coefficient (Wildman–Crippen LogP) is 4.65. The molecule has 0 radical (unpaired) electrons. The number of carbonyl (C=O) groups is 2. The first kappa shape index (κ1) is 22.3. The van der Waals surface area contributed by atoms with E-state index < -0.39 is 11.8 Å². The van der Waals surface area contributed by atoms with E-state index in [1.54, 1.807) is 0 Å². The lowest BCUT2D eigenvalue weighted by Crippen LogP contribution is -2.56. The Labute approximate surface area is 197 Å². The lowest BCUT2D eigenvalue weighted by Gasteiger charge is -2.59. The monoisotopic (exact) mass is 460 g/mol. The van der Waals surface area contributed by atoms with Crippen LogP contribution in [0.5, 0.6) is 0 Å². The number of hydrogen-bond donors (Lipinski definition) is 1. The fourth-order valence-corrected chi connectivity index (χ4v) is 10.1. The van der Waals surface area contributed by atoms with E-state index in [-0.39, 0.29) is 41.3 Å². The first-order valence-corrected chi connectivity index (χ1v) is 13.3. The van der Waals surface area contributed by atoms with Gasteiger partial charge in [-0.05, 0) is 72.5 Å². The van der Waals surface area contributed by atoms with Crippen molar-refractivity contribution in [3.8, 4) is 0 Å². The van der Waals surface area contributed by atoms with Crippen molar-refractivity contribution in [2.24, 2.45) is 52.3 Å². The fourth-order valence-electron chi connectivity index (χ4n) is 10.1. The van der Waals surface area contributed by atoms with Gasteiger partial charge in [0.25, 0.3) is 0 Å². The van der Waals surface area contributed by atoms with Crippen LogP contribution in [0.2, 0.25) is 0 Å². The van der Waals surface area contributed by atoms with Gasteiger partial charge in [0.05, 0.1) is 25.6 Å². The number of ether oxygens (including phenoxy) is 3. The highest BCUT2D eigenvalue weighted by molar-refractivity contribution is 5.73. The standard InChI is InChI=1S/C27H40O6/c1-14-5-8-27(31-13-14)15(2)24-21(33-27)10-18-16-9-20-19(11-23(30)32-20)26(4,12-22(28)29)17(16)6-7-25(18,24)3/h14-21,24H,5-13H2,1-4H3,(H,28,29)/t14-,15-,16+,17-,18-,19+,20+,21-,24-,25-,26+,27+/m0/s1. The molecule has 3 saturated carbocycles. The van der Waals surface area contributed by atoms with Gasteiger partial charge in [-0.15, -0.1) is 0 Å². The number of fused-ring (bicyclic) bond motifs is 6. The number of esters is 1. The molecule has 0 amide bonds. The molecule has 0 aromatic carbocycles. The second kappa shape index (κ2) is 7.19. The zero-order valence-electron chi connectivity index (χ0n) is 20.5. The summed E-state index contributed by atoms with van der Waals surface area (Å²) in [5, 5.41) is 9.81. The van der Waals surface area contributed by atoms with Crippen LogP contribution in [-0.4, -0.2) is 41.6 Å². The highest BCUT2D eigenvalue weighted by Gasteiger charge is 2.70. The van der Waals surface area contributed by atoms with E-state index in [2.05, 4.69) is 27.7 Å². The van der Waals surface area contributed by atoms with E-state index in [1.165, 1.54) is 0 Å². The van der Waals surface area contributed by atoms with Gasteiger partial charge in [0.2, 0.25) is 0 Å². The van der Waals surface area contributed by atoms with Crippen LogP contribution < -0.4 is 0 Å². The van der Waals surface area contributed by atoms with Gasteiger partial charge in [-0.25, -0.2) is 0 Å². The van der Waals surface area contributed by atoms with Gasteiger partial charge in [-0.2, -0.15) is 0 Å². The molecule has 0 unspecified atom stereocenters. The SMILES string of the molecule is C[C@H]1CC[C@@]2(OC1)O[C@H]1C[C@H]3[C@@H]4C[C@H]5OC(=O)C[C@H]5[C@](C)(CC(=O)O)[C@H]4CC[C@]3(C)[C@H]1[C@@H]2C. The highest BCUT2D eigenvalue weighted by atomic mass is 16.7. The third kappa shape index (κ3) is 2.98. The molecule has 3 heterocycles. The van der Waals surface area contributed by atoms with E-state index in [4.69, 9.17) is 14.2 Å². The Morgan fingerprint density at radius 2 is 1.85 bits per heavy atom. The van der Waals surface area contributed by atoms with Gasteiger partial charge in [0, 0.05) is 18.3 Å².